The van der Waals surface area contributed by atoms with E-state index in [1.54, 1.807) is 48.5 Å². The number of ether oxygens (including phenoxy) is 1. The number of nitro benzene ring substituents is 1. The Bertz CT molecular complexity index is 1180. The van der Waals surface area contributed by atoms with Crippen molar-refractivity contribution in [2.24, 2.45) is 0 Å². The highest BCUT2D eigenvalue weighted by Gasteiger charge is 2.22. The molecule has 0 aliphatic heterocycles. The van der Waals surface area contributed by atoms with Crippen molar-refractivity contribution in [1.29, 1.82) is 10.5 Å². The summed E-state index contributed by atoms with van der Waals surface area (Å²) in [5, 5.41) is 32.4. The third-order valence-corrected chi connectivity index (χ3v) is 3.92. The molecule has 29 heavy (non-hydrogen) atoms. The van der Waals surface area contributed by atoms with Crippen molar-refractivity contribution in [2.75, 3.05) is 5.32 Å². The van der Waals surface area contributed by atoms with Gasteiger partial charge in [-0.3, -0.25) is 14.9 Å². The SMILES string of the molecule is N#Cc1cc(Oc2ccccc2C(=O)Nc2ccccc2)c([N+](=O)[O-])cc1C#N. The van der Waals surface area contributed by atoms with Crippen molar-refractivity contribution in [2.45, 2.75) is 0 Å². The maximum atomic E-state index is 12.6. The third-order valence-electron chi connectivity index (χ3n) is 3.92. The number of carbonyl (C=O) groups excluding carboxylic acids is 1. The van der Waals surface area contributed by atoms with E-state index >= 15 is 0 Å². The molecule has 0 atom stereocenters. The van der Waals surface area contributed by atoms with Gasteiger partial charge < -0.3 is 10.1 Å². The molecule has 1 amide bonds. The predicted molar refractivity (Wildman–Crippen MR) is 103 cm³/mol. The number of rotatable bonds is 5. The van der Waals surface area contributed by atoms with Gasteiger partial charge >= 0.3 is 5.69 Å². The number of hydrogen-bond acceptors (Lipinski definition) is 6. The van der Waals surface area contributed by atoms with Gasteiger partial charge in [0.1, 0.15) is 17.9 Å². The van der Waals surface area contributed by atoms with Gasteiger partial charge in [0.15, 0.2) is 0 Å². The maximum Gasteiger partial charge on any atom is 0.312 e. The van der Waals surface area contributed by atoms with Gasteiger partial charge in [-0.15, -0.1) is 0 Å². The largest absolute Gasteiger partial charge is 0.449 e. The van der Waals surface area contributed by atoms with Crippen molar-refractivity contribution >= 4 is 17.3 Å². The zero-order valence-electron chi connectivity index (χ0n) is 14.8. The normalized spacial score (nSPS) is 9.72. The molecule has 0 aliphatic rings. The second kappa shape index (κ2) is 8.33. The van der Waals surface area contributed by atoms with Crippen LogP contribution in [0, 0.1) is 32.8 Å². The molecule has 8 nitrogen and oxygen atoms in total. The van der Waals surface area contributed by atoms with E-state index in [-0.39, 0.29) is 28.2 Å². The van der Waals surface area contributed by atoms with Crippen molar-refractivity contribution < 1.29 is 14.5 Å². The highest BCUT2D eigenvalue weighted by atomic mass is 16.6. The lowest BCUT2D eigenvalue weighted by atomic mass is 10.1. The summed E-state index contributed by atoms with van der Waals surface area (Å²) in [6.07, 6.45) is 0. The standard InChI is InChI=1S/C21H12N4O4/c22-12-14-10-18(25(27)28)20(11-15(14)13-23)29-19-9-5-4-8-17(19)21(26)24-16-6-2-1-3-7-16/h1-11H,(H,24,26). The number of amides is 1. The molecule has 8 heteroatoms. The van der Waals surface area contributed by atoms with Crippen molar-refractivity contribution in [3.63, 3.8) is 0 Å². The average Bonchev–Trinajstić information content (AvgIpc) is 2.74. The summed E-state index contributed by atoms with van der Waals surface area (Å²) >= 11 is 0. The molecule has 0 radical (unpaired) electrons. The van der Waals surface area contributed by atoms with E-state index in [9.17, 15) is 20.2 Å². The first kappa shape index (κ1) is 19.1. The Balaban J connectivity index is 2.00. The van der Waals surface area contributed by atoms with Gasteiger partial charge in [0, 0.05) is 17.8 Å². The molecular formula is C21H12N4O4. The van der Waals surface area contributed by atoms with E-state index in [0.29, 0.717) is 5.69 Å². The number of carbonyl (C=O) groups is 1. The fraction of sp³-hybridized carbons (Fsp3) is 0. The van der Waals surface area contributed by atoms with Crippen LogP contribution in [0.4, 0.5) is 11.4 Å². The first-order valence-electron chi connectivity index (χ1n) is 8.29. The lowest BCUT2D eigenvalue weighted by molar-refractivity contribution is -0.385. The van der Waals surface area contributed by atoms with Crippen molar-refractivity contribution in [3.05, 3.63) is 93.5 Å². The number of anilines is 1. The number of para-hydroxylation sites is 2. The molecule has 3 aromatic carbocycles. The molecule has 3 rings (SSSR count). The Morgan fingerprint density at radius 3 is 2.21 bits per heavy atom. The van der Waals surface area contributed by atoms with E-state index in [1.807, 2.05) is 6.07 Å². The molecule has 1 N–H and O–H groups in total. The molecule has 0 fully saturated rings. The smallest absolute Gasteiger partial charge is 0.312 e. The van der Waals surface area contributed by atoms with Crippen LogP contribution in [0.2, 0.25) is 0 Å². The molecule has 0 heterocycles. The van der Waals surface area contributed by atoms with Gasteiger partial charge in [-0.25, -0.2) is 0 Å². The van der Waals surface area contributed by atoms with Crippen molar-refractivity contribution in [1.82, 2.24) is 0 Å². The zero-order valence-corrected chi connectivity index (χ0v) is 14.8. The van der Waals surface area contributed by atoms with Crippen LogP contribution in [0.25, 0.3) is 0 Å². The number of nitriles is 2. The van der Waals surface area contributed by atoms with E-state index in [0.717, 1.165) is 12.1 Å². The van der Waals surface area contributed by atoms with Gasteiger partial charge in [0.2, 0.25) is 5.75 Å². The summed E-state index contributed by atoms with van der Waals surface area (Å²) in [5.74, 6) is -0.647. The fourth-order valence-corrected chi connectivity index (χ4v) is 2.56. The first-order chi connectivity index (χ1) is 14.0. The molecule has 0 saturated carbocycles. The molecular weight excluding hydrogens is 372 g/mol. The summed E-state index contributed by atoms with van der Waals surface area (Å²) in [6, 6.07) is 20.6. The number of benzene rings is 3. The number of hydrogen-bond donors (Lipinski definition) is 1. The minimum Gasteiger partial charge on any atom is -0.449 e. The average molecular weight is 384 g/mol. The van der Waals surface area contributed by atoms with Gasteiger partial charge in [0.05, 0.1) is 21.6 Å². The van der Waals surface area contributed by atoms with Crippen molar-refractivity contribution in [3.8, 4) is 23.6 Å². The monoisotopic (exact) mass is 384 g/mol. The molecule has 0 spiro atoms. The van der Waals surface area contributed by atoms with Gasteiger partial charge in [-0.1, -0.05) is 30.3 Å². The second-order valence-corrected chi connectivity index (χ2v) is 5.76. The molecule has 0 saturated heterocycles. The van der Waals surface area contributed by atoms with Gasteiger partial charge in [-0.2, -0.15) is 10.5 Å². The van der Waals surface area contributed by atoms with E-state index in [4.69, 9.17) is 10.00 Å². The Labute approximate surface area is 165 Å². The fourth-order valence-electron chi connectivity index (χ4n) is 2.56. The van der Waals surface area contributed by atoms with Crippen LogP contribution in [-0.2, 0) is 0 Å². The summed E-state index contributed by atoms with van der Waals surface area (Å²) in [5.41, 5.74) is 0.0248. The lowest BCUT2D eigenvalue weighted by Gasteiger charge is -2.12. The summed E-state index contributed by atoms with van der Waals surface area (Å²) in [7, 11) is 0. The Hall–Kier alpha value is -4.69. The van der Waals surface area contributed by atoms with Crippen LogP contribution in [0.1, 0.15) is 21.5 Å². The van der Waals surface area contributed by atoms with Gasteiger partial charge in [0.25, 0.3) is 5.91 Å². The van der Waals surface area contributed by atoms with E-state index < -0.39 is 16.5 Å². The molecule has 0 aliphatic carbocycles. The highest BCUT2D eigenvalue weighted by molar-refractivity contribution is 6.06. The van der Waals surface area contributed by atoms with Crippen LogP contribution in [-0.4, -0.2) is 10.8 Å². The van der Waals surface area contributed by atoms with E-state index in [2.05, 4.69) is 5.32 Å². The molecule has 140 valence electrons. The van der Waals surface area contributed by atoms with Crippen LogP contribution >= 0.6 is 0 Å². The molecule has 3 aromatic rings. The van der Waals surface area contributed by atoms with E-state index in [1.165, 1.54) is 12.1 Å². The highest BCUT2D eigenvalue weighted by Crippen LogP contribution is 2.35. The van der Waals surface area contributed by atoms with Crippen LogP contribution in [0.15, 0.2) is 66.7 Å². The minimum absolute atomic E-state index is 0.0672. The molecule has 0 aromatic heterocycles. The topological polar surface area (TPSA) is 129 Å². The van der Waals surface area contributed by atoms with Gasteiger partial charge in [-0.05, 0) is 24.3 Å². The summed E-state index contributed by atoms with van der Waals surface area (Å²) in [4.78, 5) is 23.3. The molecule has 0 bridgehead atoms. The van der Waals surface area contributed by atoms with Crippen LogP contribution < -0.4 is 10.1 Å². The number of nitrogens with zero attached hydrogens (tertiary/aromatic N) is 3. The molecule has 0 unspecified atom stereocenters. The van der Waals surface area contributed by atoms with Crippen LogP contribution in [0.5, 0.6) is 11.5 Å². The lowest BCUT2D eigenvalue weighted by Crippen LogP contribution is -2.13. The Kier molecular flexibility index (Phi) is 5.48. The first-order valence-corrected chi connectivity index (χ1v) is 8.29. The Morgan fingerprint density at radius 1 is 0.931 bits per heavy atom. The van der Waals surface area contributed by atoms with Crippen LogP contribution in [0.3, 0.4) is 0 Å². The quantitative estimate of drug-likeness (QED) is 0.513. The number of nitro groups is 1. The third kappa shape index (κ3) is 4.18. The second-order valence-electron chi connectivity index (χ2n) is 5.76. The zero-order chi connectivity index (χ0) is 20.8. The number of nitrogens with one attached hydrogen (secondary N) is 1. The summed E-state index contributed by atoms with van der Waals surface area (Å²) in [6.45, 7) is 0. The Morgan fingerprint density at radius 2 is 1.55 bits per heavy atom. The summed E-state index contributed by atoms with van der Waals surface area (Å²) < 4.78 is 5.64. The predicted octanol–water partition coefficient (Wildman–Crippen LogP) is 4.38. The maximum absolute atomic E-state index is 12.6. The minimum atomic E-state index is -0.718.